The maximum Gasteiger partial charge on any atom is 0.334 e. The number of nitrogens with one attached hydrogen (secondary N) is 3. The molecule has 0 aliphatic carbocycles. The molecule has 1 aromatic heterocycles. The quantitative estimate of drug-likeness (QED) is 0.591. The Morgan fingerprint density at radius 2 is 2.00 bits per heavy atom. The molecule has 150 valence electrons. The van der Waals surface area contributed by atoms with Crippen LogP contribution in [0, 0.1) is 0 Å². The van der Waals surface area contributed by atoms with Crippen molar-refractivity contribution in [2.24, 2.45) is 0 Å². The summed E-state index contributed by atoms with van der Waals surface area (Å²) in [5.74, 6) is 0.679. The average Bonchev–Trinajstić information content (AvgIpc) is 3.06. The summed E-state index contributed by atoms with van der Waals surface area (Å²) in [6.07, 6.45) is -2.00. The highest BCUT2D eigenvalue weighted by molar-refractivity contribution is 9.10. The van der Waals surface area contributed by atoms with Crippen molar-refractivity contribution in [1.82, 2.24) is 9.71 Å². The number of pyridine rings is 1. The first-order chi connectivity index (χ1) is 13.2. The topological polar surface area (TPSA) is 109 Å². The zero-order valence-electron chi connectivity index (χ0n) is 14.2. The van der Waals surface area contributed by atoms with Crippen molar-refractivity contribution >= 4 is 43.6 Å². The number of alkyl halides is 2. The van der Waals surface area contributed by atoms with Crippen LogP contribution >= 0.6 is 15.9 Å². The van der Waals surface area contributed by atoms with Crippen molar-refractivity contribution in [2.45, 2.75) is 17.7 Å². The Labute approximate surface area is 167 Å². The molecule has 2 aromatic rings. The van der Waals surface area contributed by atoms with Crippen LogP contribution in [0.5, 0.6) is 5.75 Å². The molecule has 1 aliphatic heterocycles. The van der Waals surface area contributed by atoms with E-state index < -0.39 is 29.0 Å². The molecule has 2 amide bonds. The number of fused-ring (bicyclic) bond motifs is 1. The number of halogens is 3. The molecule has 8 nitrogen and oxygen atoms in total. The molecule has 3 rings (SSSR count). The minimum absolute atomic E-state index is 0.0267. The van der Waals surface area contributed by atoms with Gasteiger partial charge in [-0.2, -0.15) is 0 Å². The first kappa shape index (κ1) is 20.3. The minimum atomic E-state index is -4.11. The summed E-state index contributed by atoms with van der Waals surface area (Å²) in [5.41, 5.74) is 0.742. The van der Waals surface area contributed by atoms with Crippen LogP contribution in [0.3, 0.4) is 0 Å². The third-order valence-corrected chi connectivity index (χ3v) is 5.45. The monoisotopic (exact) mass is 476 g/mol. The Kier molecular flexibility index (Phi) is 5.98. The Morgan fingerprint density at radius 3 is 2.75 bits per heavy atom. The van der Waals surface area contributed by atoms with Gasteiger partial charge >= 0.3 is 6.03 Å². The van der Waals surface area contributed by atoms with E-state index in [4.69, 9.17) is 4.74 Å². The maximum atomic E-state index is 12.4. The second kappa shape index (κ2) is 8.27. The summed E-state index contributed by atoms with van der Waals surface area (Å²) in [6, 6.07) is 6.11. The van der Waals surface area contributed by atoms with E-state index in [0.717, 1.165) is 5.56 Å². The maximum absolute atomic E-state index is 12.4. The number of hydrogen-bond donors (Lipinski definition) is 3. The van der Waals surface area contributed by atoms with Crippen LogP contribution in [-0.2, 0) is 16.4 Å². The van der Waals surface area contributed by atoms with Crippen molar-refractivity contribution in [3.8, 4) is 5.75 Å². The smallest absolute Gasteiger partial charge is 0.334 e. The Hall–Kier alpha value is -2.47. The SMILES string of the molecule is O=C(Nc1cc(Br)cc(NCC(F)F)n1)NS(=O)(=O)c1ccc2c(c1)CCO2. The lowest BCUT2D eigenvalue weighted by molar-refractivity contribution is 0.163. The Morgan fingerprint density at radius 1 is 1.25 bits per heavy atom. The van der Waals surface area contributed by atoms with Gasteiger partial charge in [-0.3, -0.25) is 5.32 Å². The third kappa shape index (κ3) is 5.07. The number of urea groups is 1. The molecular weight excluding hydrogens is 462 g/mol. The molecular formula is C16H15BrF2N4O4S. The molecule has 0 saturated heterocycles. The van der Waals surface area contributed by atoms with E-state index in [9.17, 15) is 22.0 Å². The third-order valence-electron chi connectivity index (χ3n) is 3.67. The van der Waals surface area contributed by atoms with Crippen molar-refractivity contribution in [2.75, 3.05) is 23.8 Å². The van der Waals surface area contributed by atoms with Gasteiger partial charge in [0.05, 0.1) is 18.0 Å². The Balaban J connectivity index is 1.69. The number of amides is 2. The molecule has 3 N–H and O–H groups in total. The molecule has 0 bridgehead atoms. The largest absolute Gasteiger partial charge is 0.493 e. The molecule has 12 heteroatoms. The molecule has 2 heterocycles. The highest BCUT2D eigenvalue weighted by atomic mass is 79.9. The van der Waals surface area contributed by atoms with Crippen LogP contribution in [0.2, 0.25) is 0 Å². The van der Waals surface area contributed by atoms with Crippen LogP contribution in [0.4, 0.5) is 25.2 Å². The van der Waals surface area contributed by atoms with Gasteiger partial charge in [-0.15, -0.1) is 0 Å². The number of benzene rings is 1. The normalized spacial score (nSPS) is 13.0. The van der Waals surface area contributed by atoms with Crippen molar-refractivity contribution in [1.29, 1.82) is 0 Å². The number of nitrogens with zero attached hydrogens (tertiary/aromatic N) is 1. The summed E-state index contributed by atoms with van der Waals surface area (Å²) in [6.45, 7) is -0.144. The fraction of sp³-hybridized carbons (Fsp3) is 0.250. The summed E-state index contributed by atoms with van der Waals surface area (Å²) < 4.78 is 57.1. The molecule has 0 spiro atoms. The van der Waals surface area contributed by atoms with E-state index in [-0.39, 0.29) is 16.5 Å². The predicted molar refractivity (Wildman–Crippen MR) is 101 cm³/mol. The van der Waals surface area contributed by atoms with Crippen LogP contribution in [0.25, 0.3) is 0 Å². The van der Waals surface area contributed by atoms with Gasteiger partial charge in [-0.1, -0.05) is 15.9 Å². The summed E-state index contributed by atoms with van der Waals surface area (Å²) in [5, 5.41) is 4.67. The predicted octanol–water partition coefficient (Wildman–Crippen LogP) is 2.97. The number of hydrogen-bond acceptors (Lipinski definition) is 6. The molecule has 0 radical (unpaired) electrons. The number of carbonyl (C=O) groups excluding carboxylic acids is 1. The van der Waals surface area contributed by atoms with Gasteiger partial charge in [0, 0.05) is 10.9 Å². The van der Waals surface area contributed by atoms with E-state index in [0.29, 0.717) is 23.2 Å². The summed E-state index contributed by atoms with van der Waals surface area (Å²) in [7, 11) is -4.11. The van der Waals surface area contributed by atoms with Gasteiger partial charge in [0.1, 0.15) is 17.4 Å². The van der Waals surface area contributed by atoms with Crippen LogP contribution in [0.15, 0.2) is 39.7 Å². The number of anilines is 2. The summed E-state index contributed by atoms with van der Waals surface area (Å²) >= 11 is 3.17. The van der Waals surface area contributed by atoms with Gasteiger partial charge in [0.25, 0.3) is 16.4 Å². The van der Waals surface area contributed by atoms with Crippen LogP contribution in [0.1, 0.15) is 5.56 Å². The van der Waals surface area contributed by atoms with Gasteiger partial charge in [-0.05, 0) is 35.9 Å². The second-order valence-electron chi connectivity index (χ2n) is 5.76. The lowest BCUT2D eigenvalue weighted by Gasteiger charge is -2.11. The number of rotatable bonds is 6. The van der Waals surface area contributed by atoms with Gasteiger partial charge in [-0.25, -0.2) is 31.7 Å². The van der Waals surface area contributed by atoms with Gasteiger partial charge in [0.2, 0.25) is 0 Å². The van der Waals surface area contributed by atoms with Crippen LogP contribution in [-0.4, -0.2) is 39.0 Å². The van der Waals surface area contributed by atoms with E-state index in [1.54, 1.807) is 0 Å². The molecule has 0 saturated carbocycles. The van der Waals surface area contributed by atoms with E-state index >= 15 is 0 Å². The minimum Gasteiger partial charge on any atom is -0.493 e. The zero-order chi connectivity index (χ0) is 20.3. The lowest BCUT2D eigenvalue weighted by Crippen LogP contribution is -2.34. The average molecular weight is 477 g/mol. The highest BCUT2D eigenvalue weighted by Gasteiger charge is 2.21. The zero-order valence-corrected chi connectivity index (χ0v) is 16.6. The van der Waals surface area contributed by atoms with E-state index in [2.05, 4.69) is 31.5 Å². The highest BCUT2D eigenvalue weighted by Crippen LogP contribution is 2.27. The van der Waals surface area contributed by atoms with Crippen LogP contribution < -0.4 is 20.1 Å². The van der Waals surface area contributed by atoms with E-state index in [1.165, 1.54) is 30.3 Å². The van der Waals surface area contributed by atoms with Gasteiger partial charge < -0.3 is 10.1 Å². The van der Waals surface area contributed by atoms with Crippen molar-refractivity contribution in [3.05, 3.63) is 40.4 Å². The molecule has 1 aromatic carbocycles. The molecule has 0 fully saturated rings. The Bertz CT molecular complexity index is 1000. The number of sulfonamides is 1. The second-order valence-corrected chi connectivity index (χ2v) is 8.35. The molecule has 1 aliphatic rings. The molecule has 0 atom stereocenters. The molecule has 0 unspecified atom stereocenters. The van der Waals surface area contributed by atoms with Gasteiger partial charge in [0.15, 0.2) is 0 Å². The first-order valence-corrected chi connectivity index (χ1v) is 10.3. The number of carbonyl (C=O) groups is 1. The van der Waals surface area contributed by atoms with E-state index in [1.807, 2.05) is 4.72 Å². The number of ether oxygens (including phenoxy) is 1. The summed E-state index contributed by atoms with van der Waals surface area (Å²) in [4.78, 5) is 16.0. The fourth-order valence-corrected chi connectivity index (χ4v) is 3.88. The fourth-order valence-electron chi connectivity index (χ4n) is 2.49. The first-order valence-electron chi connectivity index (χ1n) is 8.02. The number of aromatic nitrogens is 1. The van der Waals surface area contributed by atoms with Crippen molar-refractivity contribution in [3.63, 3.8) is 0 Å². The lowest BCUT2D eigenvalue weighted by atomic mass is 10.2. The molecule has 28 heavy (non-hydrogen) atoms. The standard InChI is InChI=1S/C16H15BrF2N4O4S/c17-10-6-14(20-8-13(18)19)21-15(7-10)22-16(24)23-28(25,26)11-1-2-12-9(5-11)3-4-27-12/h1-2,5-7,13H,3-4,8H2,(H3,20,21,22,23,24). The van der Waals surface area contributed by atoms with Crippen molar-refractivity contribution < 1.29 is 26.7 Å².